The van der Waals surface area contributed by atoms with Gasteiger partial charge in [0.25, 0.3) is 0 Å². The van der Waals surface area contributed by atoms with Crippen LogP contribution in [0.4, 0.5) is 0 Å². The minimum absolute atomic E-state index is 0.262. The lowest BCUT2D eigenvalue weighted by Gasteiger charge is -2.15. The van der Waals surface area contributed by atoms with Crippen LogP contribution in [0.2, 0.25) is 0 Å². The van der Waals surface area contributed by atoms with E-state index in [2.05, 4.69) is 31.2 Å². The molecule has 1 unspecified atom stereocenters. The fourth-order valence-corrected chi connectivity index (χ4v) is 1.92. The van der Waals surface area contributed by atoms with Gasteiger partial charge in [0, 0.05) is 20.3 Å². The molecule has 16 heavy (non-hydrogen) atoms. The standard InChI is InChI=1S/C14H22O2/c1-12-6-3-4-8-14(12)10-13(11-15)7-5-9-16-2/h3-4,6,8,13,15H,5,7,9-11H2,1-2H3. The molecule has 90 valence electrons. The topological polar surface area (TPSA) is 29.5 Å². The molecule has 0 bridgehead atoms. The Morgan fingerprint density at radius 1 is 1.31 bits per heavy atom. The highest BCUT2D eigenvalue weighted by Gasteiger charge is 2.09. The SMILES string of the molecule is COCCCC(CO)Cc1ccccc1C. The van der Waals surface area contributed by atoms with Gasteiger partial charge in [0.05, 0.1) is 0 Å². The van der Waals surface area contributed by atoms with Crippen molar-refractivity contribution < 1.29 is 9.84 Å². The van der Waals surface area contributed by atoms with Gasteiger partial charge in [-0.05, 0) is 43.2 Å². The van der Waals surface area contributed by atoms with Crippen LogP contribution in [0.5, 0.6) is 0 Å². The fourth-order valence-electron chi connectivity index (χ4n) is 1.92. The maximum Gasteiger partial charge on any atom is 0.0462 e. The van der Waals surface area contributed by atoms with Gasteiger partial charge in [0.15, 0.2) is 0 Å². The van der Waals surface area contributed by atoms with Gasteiger partial charge in [-0.2, -0.15) is 0 Å². The number of hydrogen-bond donors (Lipinski definition) is 1. The van der Waals surface area contributed by atoms with Gasteiger partial charge in [0.2, 0.25) is 0 Å². The third-order valence-corrected chi connectivity index (χ3v) is 2.99. The summed E-state index contributed by atoms with van der Waals surface area (Å²) in [6.45, 7) is 3.17. The lowest BCUT2D eigenvalue weighted by molar-refractivity contribution is 0.169. The molecule has 1 aromatic carbocycles. The van der Waals surface area contributed by atoms with Crippen molar-refractivity contribution in [3.8, 4) is 0 Å². The molecule has 0 aromatic heterocycles. The summed E-state index contributed by atoms with van der Waals surface area (Å²) in [5, 5.41) is 9.34. The van der Waals surface area contributed by atoms with Gasteiger partial charge in [-0.15, -0.1) is 0 Å². The fraction of sp³-hybridized carbons (Fsp3) is 0.571. The summed E-state index contributed by atoms with van der Waals surface area (Å²) in [6.07, 6.45) is 3.01. The van der Waals surface area contributed by atoms with Crippen LogP contribution >= 0.6 is 0 Å². The van der Waals surface area contributed by atoms with Crippen LogP contribution in [0.25, 0.3) is 0 Å². The maximum atomic E-state index is 9.34. The normalized spacial score (nSPS) is 12.7. The number of ether oxygens (including phenoxy) is 1. The molecule has 2 heteroatoms. The second-order valence-corrected chi connectivity index (χ2v) is 4.31. The van der Waals surface area contributed by atoms with Crippen molar-refractivity contribution >= 4 is 0 Å². The predicted molar refractivity (Wildman–Crippen MR) is 66.6 cm³/mol. The van der Waals surface area contributed by atoms with Crippen molar-refractivity contribution in [3.63, 3.8) is 0 Å². The van der Waals surface area contributed by atoms with Crippen molar-refractivity contribution in [1.29, 1.82) is 0 Å². The third-order valence-electron chi connectivity index (χ3n) is 2.99. The van der Waals surface area contributed by atoms with Crippen molar-refractivity contribution in [1.82, 2.24) is 0 Å². The predicted octanol–water partition coefficient (Wildman–Crippen LogP) is 2.57. The number of aliphatic hydroxyl groups is 1. The Labute approximate surface area is 98.3 Å². The average Bonchev–Trinajstić information content (AvgIpc) is 2.30. The van der Waals surface area contributed by atoms with Gasteiger partial charge in [-0.3, -0.25) is 0 Å². The van der Waals surface area contributed by atoms with Crippen LogP contribution in [-0.2, 0) is 11.2 Å². The van der Waals surface area contributed by atoms with Gasteiger partial charge in [0.1, 0.15) is 0 Å². The van der Waals surface area contributed by atoms with Crippen molar-refractivity contribution in [3.05, 3.63) is 35.4 Å². The Bertz CT molecular complexity index is 297. The number of methoxy groups -OCH3 is 1. The Kier molecular flexibility index (Phi) is 6.12. The molecule has 0 aliphatic rings. The number of aliphatic hydroxyl groups excluding tert-OH is 1. The van der Waals surface area contributed by atoms with E-state index >= 15 is 0 Å². The molecule has 1 N–H and O–H groups in total. The van der Waals surface area contributed by atoms with E-state index in [1.54, 1.807) is 7.11 Å². The quantitative estimate of drug-likeness (QED) is 0.718. The zero-order chi connectivity index (χ0) is 11.8. The molecule has 0 fully saturated rings. The molecule has 0 saturated heterocycles. The highest BCUT2D eigenvalue weighted by molar-refractivity contribution is 5.25. The summed E-state index contributed by atoms with van der Waals surface area (Å²) in [5.41, 5.74) is 2.66. The van der Waals surface area contributed by atoms with E-state index in [1.807, 2.05) is 0 Å². The van der Waals surface area contributed by atoms with Crippen LogP contribution in [0.3, 0.4) is 0 Å². The first-order valence-corrected chi connectivity index (χ1v) is 5.92. The smallest absolute Gasteiger partial charge is 0.0462 e. The number of benzene rings is 1. The average molecular weight is 222 g/mol. The molecule has 0 amide bonds. The minimum atomic E-state index is 0.262. The molecular formula is C14H22O2. The summed E-state index contributed by atoms with van der Waals surface area (Å²) < 4.78 is 5.03. The molecule has 2 nitrogen and oxygen atoms in total. The summed E-state index contributed by atoms with van der Waals surface area (Å²) >= 11 is 0. The highest BCUT2D eigenvalue weighted by Crippen LogP contribution is 2.16. The van der Waals surface area contributed by atoms with Gasteiger partial charge >= 0.3 is 0 Å². The third kappa shape index (κ3) is 4.33. The van der Waals surface area contributed by atoms with Crippen molar-refractivity contribution in [2.75, 3.05) is 20.3 Å². The van der Waals surface area contributed by atoms with E-state index < -0.39 is 0 Å². The molecule has 1 rings (SSSR count). The molecule has 0 radical (unpaired) electrons. The largest absolute Gasteiger partial charge is 0.396 e. The molecule has 0 aliphatic carbocycles. The van der Waals surface area contributed by atoms with Crippen LogP contribution in [-0.4, -0.2) is 25.4 Å². The van der Waals surface area contributed by atoms with Crippen molar-refractivity contribution in [2.45, 2.75) is 26.2 Å². The summed E-state index contributed by atoms with van der Waals surface area (Å²) in [6, 6.07) is 8.39. The van der Waals surface area contributed by atoms with Crippen LogP contribution in [0.15, 0.2) is 24.3 Å². The van der Waals surface area contributed by atoms with Gasteiger partial charge in [-0.1, -0.05) is 24.3 Å². The summed E-state index contributed by atoms with van der Waals surface area (Å²) in [5.74, 6) is 0.358. The monoisotopic (exact) mass is 222 g/mol. The molecule has 1 aromatic rings. The number of rotatable bonds is 7. The maximum absolute atomic E-state index is 9.34. The second kappa shape index (κ2) is 7.42. The zero-order valence-electron chi connectivity index (χ0n) is 10.3. The number of aryl methyl sites for hydroxylation is 1. The van der Waals surface area contributed by atoms with E-state index in [0.29, 0.717) is 5.92 Å². The van der Waals surface area contributed by atoms with E-state index in [-0.39, 0.29) is 6.61 Å². The lowest BCUT2D eigenvalue weighted by Crippen LogP contribution is -2.11. The van der Waals surface area contributed by atoms with E-state index in [4.69, 9.17) is 4.74 Å². The first-order valence-electron chi connectivity index (χ1n) is 5.92. The first-order chi connectivity index (χ1) is 7.77. The van der Waals surface area contributed by atoms with Crippen LogP contribution < -0.4 is 0 Å². The molecule has 0 heterocycles. The lowest BCUT2D eigenvalue weighted by atomic mass is 9.93. The zero-order valence-corrected chi connectivity index (χ0v) is 10.3. The van der Waals surface area contributed by atoms with Crippen LogP contribution in [0.1, 0.15) is 24.0 Å². The summed E-state index contributed by atoms with van der Waals surface area (Å²) in [7, 11) is 1.72. The highest BCUT2D eigenvalue weighted by atomic mass is 16.5. The Balaban J connectivity index is 2.46. The van der Waals surface area contributed by atoms with E-state index in [0.717, 1.165) is 25.9 Å². The minimum Gasteiger partial charge on any atom is -0.396 e. The Morgan fingerprint density at radius 2 is 2.06 bits per heavy atom. The second-order valence-electron chi connectivity index (χ2n) is 4.31. The molecule has 0 saturated carbocycles. The molecule has 0 spiro atoms. The van der Waals surface area contributed by atoms with Crippen molar-refractivity contribution in [2.24, 2.45) is 5.92 Å². The summed E-state index contributed by atoms with van der Waals surface area (Å²) in [4.78, 5) is 0. The molecule has 0 aliphatic heterocycles. The first kappa shape index (κ1) is 13.2. The molecule has 1 atom stereocenters. The van der Waals surface area contributed by atoms with E-state index in [1.165, 1.54) is 11.1 Å². The molecular weight excluding hydrogens is 200 g/mol. The van der Waals surface area contributed by atoms with Gasteiger partial charge < -0.3 is 9.84 Å². The van der Waals surface area contributed by atoms with Crippen LogP contribution in [0, 0.1) is 12.8 Å². The number of hydrogen-bond acceptors (Lipinski definition) is 2. The Hall–Kier alpha value is -0.860. The van der Waals surface area contributed by atoms with E-state index in [9.17, 15) is 5.11 Å². The van der Waals surface area contributed by atoms with Gasteiger partial charge in [-0.25, -0.2) is 0 Å². The Morgan fingerprint density at radius 3 is 2.69 bits per heavy atom.